The van der Waals surface area contributed by atoms with Crippen LogP contribution in [0.5, 0.6) is 0 Å². The van der Waals surface area contributed by atoms with Gasteiger partial charge in [0.25, 0.3) is 0 Å². The summed E-state index contributed by atoms with van der Waals surface area (Å²) in [5, 5.41) is 6.96. The number of nitrogens with zero attached hydrogens (tertiary/aromatic N) is 2. The molecule has 0 unspecified atom stereocenters. The molecule has 4 heteroatoms. The molecule has 0 saturated carbocycles. The first-order chi connectivity index (χ1) is 18.2. The lowest BCUT2D eigenvalue weighted by atomic mass is 10.1. The van der Waals surface area contributed by atoms with Crippen LogP contribution < -0.4 is 15.9 Å². The van der Waals surface area contributed by atoms with Gasteiger partial charge in [-0.2, -0.15) is 0 Å². The molecule has 7 aromatic rings. The molecule has 0 atom stereocenters. The summed E-state index contributed by atoms with van der Waals surface area (Å²) in [5.41, 5.74) is 3.27. The van der Waals surface area contributed by atoms with Gasteiger partial charge in [0.1, 0.15) is 0 Å². The number of aromatic nitrogens is 2. The van der Waals surface area contributed by atoms with E-state index in [1.54, 1.807) is 0 Å². The average molecular weight is 495 g/mol. The van der Waals surface area contributed by atoms with Gasteiger partial charge in [-0.25, -0.2) is 0 Å². The predicted octanol–water partition coefficient (Wildman–Crippen LogP) is 6.97. The van der Waals surface area contributed by atoms with Crippen molar-refractivity contribution < 1.29 is 4.57 Å². The summed E-state index contributed by atoms with van der Waals surface area (Å²) in [6.45, 7) is 0. The zero-order chi connectivity index (χ0) is 24.8. The minimum Gasteiger partial charge on any atom is -0.309 e. The Morgan fingerprint density at radius 2 is 1.22 bits per heavy atom. The molecular formula is C33H23N2OP. The second kappa shape index (κ2) is 8.58. The van der Waals surface area contributed by atoms with E-state index in [0.717, 1.165) is 54.2 Å². The molecule has 0 aliphatic carbocycles. The topological polar surface area (TPSA) is 34.9 Å². The molecule has 176 valence electrons. The molecule has 5 aromatic carbocycles. The monoisotopic (exact) mass is 494 g/mol. The van der Waals surface area contributed by atoms with Crippen LogP contribution >= 0.6 is 7.14 Å². The number of hydrogen-bond donors (Lipinski definition) is 0. The molecule has 0 spiro atoms. The maximum Gasteiger partial charge on any atom is 0.171 e. The summed E-state index contributed by atoms with van der Waals surface area (Å²) in [5.74, 6) is 0. The SMILES string of the molecule is O=P(c1ccccc1)(c1ccccc1)c1ccc2c(c1)c1ccccc1n2-c1cccc2ccncc12. The van der Waals surface area contributed by atoms with Gasteiger partial charge in [0, 0.05) is 44.5 Å². The molecule has 0 amide bonds. The molecule has 0 aliphatic heterocycles. The highest BCUT2D eigenvalue weighted by atomic mass is 31.2. The van der Waals surface area contributed by atoms with Gasteiger partial charge in [0.2, 0.25) is 0 Å². The van der Waals surface area contributed by atoms with Gasteiger partial charge in [0.05, 0.1) is 16.7 Å². The smallest absolute Gasteiger partial charge is 0.171 e. The van der Waals surface area contributed by atoms with Gasteiger partial charge in [-0.05, 0) is 41.8 Å². The number of fused-ring (bicyclic) bond motifs is 4. The van der Waals surface area contributed by atoms with Crippen molar-refractivity contribution in [2.45, 2.75) is 0 Å². The van der Waals surface area contributed by atoms with Crippen LogP contribution in [0.3, 0.4) is 0 Å². The van der Waals surface area contributed by atoms with Crippen LogP contribution in [0.4, 0.5) is 0 Å². The summed E-state index contributed by atoms with van der Waals surface area (Å²) >= 11 is 0. The van der Waals surface area contributed by atoms with Crippen molar-refractivity contribution in [1.29, 1.82) is 0 Å². The molecule has 0 bridgehead atoms. The van der Waals surface area contributed by atoms with E-state index in [1.807, 2.05) is 85.2 Å². The highest BCUT2D eigenvalue weighted by molar-refractivity contribution is 7.85. The summed E-state index contributed by atoms with van der Waals surface area (Å²) in [7, 11) is -3.08. The zero-order valence-corrected chi connectivity index (χ0v) is 20.9. The third kappa shape index (κ3) is 3.36. The Morgan fingerprint density at radius 3 is 1.97 bits per heavy atom. The van der Waals surface area contributed by atoms with Crippen LogP contribution in [0.2, 0.25) is 0 Å². The van der Waals surface area contributed by atoms with Crippen LogP contribution in [0, 0.1) is 0 Å². The van der Waals surface area contributed by atoms with E-state index in [4.69, 9.17) is 0 Å². The lowest BCUT2D eigenvalue weighted by Gasteiger charge is -2.20. The van der Waals surface area contributed by atoms with Crippen molar-refractivity contribution in [3.8, 4) is 5.69 Å². The van der Waals surface area contributed by atoms with Crippen molar-refractivity contribution in [1.82, 2.24) is 9.55 Å². The standard InChI is InChI=1S/C33H23N2OP/c36-37(25-11-3-1-4-12-25,26-13-5-2-6-14-26)27-18-19-33-29(22-27)28-15-7-8-16-31(28)35(33)32-17-9-10-24-20-21-34-23-30(24)32/h1-23H. The van der Waals surface area contributed by atoms with Crippen molar-refractivity contribution >= 4 is 55.6 Å². The maximum atomic E-state index is 15.0. The zero-order valence-electron chi connectivity index (χ0n) is 20.0. The van der Waals surface area contributed by atoms with Crippen molar-refractivity contribution in [3.05, 3.63) is 140 Å². The molecule has 0 aliphatic rings. The predicted molar refractivity (Wildman–Crippen MR) is 155 cm³/mol. The lowest BCUT2D eigenvalue weighted by molar-refractivity contribution is 0.592. The maximum absolute atomic E-state index is 15.0. The normalized spacial score (nSPS) is 11.9. The molecule has 3 nitrogen and oxygen atoms in total. The van der Waals surface area contributed by atoms with E-state index in [-0.39, 0.29) is 0 Å². The average Bonchev–Trinajstić information content (AvgIpc) is 3.31. The first-order valence-electron chi connectivity index (χ1n) is 12.3. The van der Waals surface area contributed by atoms with Gasteiger partial charge in [-0.3, -0.25) is 4.98 Å². The van der Waals surface area contributed by atoms with Crippen LogP contribution in [0.1, 0.15) is 0 Å². The van der Waals surface area contributed by atoms with E-state index >= 15 is 4.57 Å². The van der Waals surface area contributed by atoms with E-state index in [0.29, 0.717) is 0 Å². The fourth-order valence-electron chi connectivity index (χ4n) is 5.43. The summed E-state index contributed by atoms with van der Waals surface area (Å²) in [6.07, 6.45) is 3.76. The fourth-order valence-corrected chi connectivity index (χ4v) is 8.11. The van der Waals surface area contributed by atoms with Gasteiger partial charge in [-0.1, -0.05) is 91.0 Å². The third-order valence-electron chi connectivity index (χ3n) is 7.16. The summed E-state index contributed by atoms with van der Waals surface area (Å²) < 4.78 is 17.3. The van der Waals surface area contributed by atoms with Crippen molar-refractivity contribution in [3.63, 3.8) is 0 Å². The Kier molecular flexibility index (Phi) is 5.06. The van der Waals surface area contributed by atoms with Crippen molar-refractivity contribution in [2.24, 2.45) is 0 Å². The Labute approximate surface area is 215 Å². The van der Waals surface area contributed by atoms with E-state index in [2.05, 4.69) is 64.1 Å². The number of benzene rings is 5. The first kappa shape index (κ1) is 21.8. The molecule has 0 radical (unpaired) electrons. The molecule has 2 heterocycles. The number of para-hydroxylation sites is 1. The molecule has 7 rings (SSSR count). The molecule has 0 fully saturated rings. The Morgan fingerprint density at radius 1 is 0.541 bits per heavy atom. The lowest BCUT2D eigenvalue weighted by Crippen LogP contribution is -2.24. The van der Waals surface area contributed by atoms with Gasteiger partial charge < -0.3 is 9.13 Å². The fraction of sp³-hybridized carbons (Fsp3) is 0. The molecule has 2 aromatic heterocycles. The van der Waals surface area contributed by atoms with Crippen molar-refractivity contribution in [2.75, 3.05) is 0 Å². The first-order valence-corrected chi connectivity index (χ1v) is 14.0. The highest BCUT2D eigenvalue weighted by Gasteiger charge is 2.30. The summed E-state index contributed by atoms with van der Waals surface area (Å²) in [4.78, 5) is 4.41. The van der Waals surface area contributed by atoms with Crippen LogP contribution in [-0.2, 0) is 4.57 Å². The minimum atomic E-state index is -3.08. The van der Waals surface area contributed by atoms with Crippen LogP contribution in [-0.4, -0.2) is 9.55 Å². The Hall–Kier alpha value is -4.46. The molecule has 0 N–H and O–H groups in total. The second-order valence-electron chi connectivity index (χ2n) is 9.21. The minimum absolute atomic E-state index is 0.833. The number of rotatable bonds is 4. The highest BCUT2D eigenvalue weighted by Crippen LogP contribution is 2.44. The van der Waals surface area contributed by atoms with Crippen LogP contribution in [0.25, 0.3) is 38.3 Å². The molecule has 0 saturated heterocycles. The van der Waals surface area contributed by atoms with Gasteiger partial charge in [-0.15, -0.1) is 0 Å². The Bertz CT molecular complexity index is 1910. The van der Waals surface area contributed by atoms with Gasteiger partial charge in [0.15, 0.2) is 7.14 Å². The number of pyridine rings is 1. The quantitative estimate of drug-likeness (QED) is 0.248. The number of hydrogen-bond acceptors (Lipinski definition) is 2. The Balaban J connectivity index is 1.55. The van der Waals surface area contributed by atoms with Crippen LogP contribution in [0.15, 0.2) is 140 Å². The van der Waals surface area contributed by atoms with E-state index in [9.17, 15) is 0 Å². The van der Waals surface area contributed by atoms with Gasteiger partial charge >= 0.3 is 0 Å². The third-order valence-corrected chi connectivity index (χ3v) is 10.2. The summed E-state index contributed by atoms with van der Waals surface area (Å²) in [6, 6.07) is 42.8. The van der Waals surface area contributed by atoms with E-state index in [1.165, 1.54) is 0 Å². The largest absolute Gasteiger partial charge is 0.309 e. The van der Waals surface area contributed by atoms with E-state index < -0.39 is 7.14 Å². The molecule has 37 heavy (non-hydrogen) atoms. The molecular weight excluding hydrogens is 471 g/mol. The second-order valence-corrected chi connectivity index (χ2v) is 12.0.